The van der Waals surface area contributed by atoms with Crippen LogP contribution in [0, 0.1) is 6.92 Å². The molecule has 1 rings (SSSR count). The lowest BCUT2D eigenvalue weighted by atomic mass is 10.2. The first-order valence-electron chi connectivity index (χ1n) is 3.47. The number of hydrogen-bond acceptors (Lipinski definition) is 3. The molecule has 5 heteroatoms. The Balaban J connectivity index is 3.23. The van der Waals surface area contributed by atoms with Crippen molar-refractivity contribution in [1.82, 2.24) is 4.98 Å². The molecule has 0 radical (unpaired) electrons. The predicted octanol–water partition coefficient (Wildman–Crippen LogP) is 2.48. The smallest absolute Gasteiger partial charge is 0.341 e. The van der Waals surface area contributed by atoms with E-state index in [4.69, 9.17) is 23.2 Å². The van der Waals surface area contributed by atoms with Gasteiger partial charge in [0.2, 0.25) is 0 Å². The Morgan fingerprint density at radius 2 is 2.15 bits per heavy atom. The molecule has 0 N–H and O–H groups in total. The molecule has 13 heavy (non-hydrogen) atoms. The molecule has 0 aliphatic rings. The summed E-state index contributed by atoms with van der Waals surface area (Å²) in [5.41, 5.74) is 0.763. The fourth-order valence-electron chi connectivity index (χ4n) is 0.805. The second kappa shape index (κ2) is 3.94. The van der Waals surface area contributed by atoms with Crippen molar-refractivity contribution < 1.29 is 9.53 Å². The van der Waals surface area contributed by atoms with Crippen molar-refractivity contribution in [2.24, 2.45) is 0 Å². The fraction of sp³-hybridized carbons (Fsp3) is 0.250. The standard InChI is InChI=1S/C8H7Cl2NO2/c1-4-6(9)3-5(7(10)11-4)8(12)13-2/h3H,1-2H3. The van der Waals surface area contributed by atoms with Gasteiger partial charge in [0.1, 0.15) is 5.15 Å². The highest BCUT2D eigenvalue weighted by atomic mass is 35.5. The molecule has 0 unspecified atom stereocenters. The SMILES string of the molecule is COC(=O)c1cc(Cl)c(C)nc1Cl. The van der Waals surface area contributed by atoms with Crippen molar-refractivity contribution >= 4 is 29.2 Å². The van der Waals surface area contributed by atoms with Crippen molar-refractivity contribution in [3.05, 3.63) is 27.5 Å². The third kappa shape index (κ3) is 2.11. The number of nitrogens with zero attached hydrogens (tertiary/aromatic N) is 1. The van der Waals surface area contributed by atoms with E-state index < -0.39 is 5.97 Å². The lowest BCUT2D eigenvalue weighted by Crippen LogP contribution is -2.04. The summed E-state index contributed by atoms with van der Waals surface area (Å²) >= 11 is 11.5. The Hall–Kier alpha value is -0.800. The second-order valence-corrected chi connectivity index (χ2v) is 3.15. The third-order valence-electron chi connectivity index (χ3n) is 1.51. The normalized spacial score (nSPS) is 9.85. The first-order chi connectivity index (χ1) is 6.06. The molecule has 1 heterocycles. The van der Waals surface area contributed by atoms with Crippen LogP contribution >= 0.6 is 23.2 Å². The molecule has 0 saturated carbocycles. The molecule has 0 aliphatic carbocycles. The van der Waals surface area contributed by atoms with E-state index in [-0.39, 0.29) is 10.7 Å². The van der Waals surface area contributed by atoms with Crippen molar-refractivity contribution in [2.45, 2.75) is 6.92 Å². The third-order valence-corrected chi connectivity index (χ3v) is 2.18. The lowest BCUT2D eigenvalue weighted by Gasteiger charge is -2.03. The van der Waals surface area contributed by atoms with Crippen molar-refractivity contribution in [3.8, 4) is 0 Å². The van der Waals surface area contributed by atoms with Crippen LogP contribution in [0.15, 0.2) is 6.07 Å². The number of pyridine rings is 1. The summed E-state index contributed by atoms with van der Waals surface area (Å²) in [7, 11) is 1.27. The molecule has 0 aromatic carbocycles. The van der Waals surface area contributed by atoms with Crippen LogP contribution in [0.5, 0.6) is 0 Å². The summed E-state index contributed by atoms with van der Waals surface area (Å²) in [6.45, 7) is 1.70. The van der Waals surface area contributed by atoms with Gasteiger partial charge >= 0.3 is 5.97 Å². The molecule has 0 saturated heterocycles. The van der Waals surface area contributed by atoms with Gasteiger partial charge in [0.25, 0.3) is 0 Å². The molecule has 0 atom stereocenters. The number of aryl methyl sites for hydroxylation is 1. The average molecular weight is 220 g/mol. The van der Waals surface area contributed by atoms with E-state index in [1.54, 1.807) is 6.92 Å². The number of carbonyl (C=O) groups excluding carboxylic acids is 1. The zero-order chi connectivity index (χ0) is 10.0. The summed E-state index contributed by atoms with van der Waals surface area (Å²) in [4.78, 5) is 15.0. The summed E-state index contributed by atoms with van der Waals surface area (Å²) in [6, 6.07) is 1.44. The Morgan fingerprint density at radius 3 is 2.69 bits per heavy atom. The van der Waals surface area contributed by atoms with Gasteiger partial charge < -0.3 is 4.74 Å². The van der Waals surface area contributed by atoms with Crippen molar-refractivity contribution in [1.29, 1.82) is 0 Å². The number of esters is 1. The summed E-state index contributed by atoms with van der Waals surface area (Å²) in [6.07, 6.45) is 0. The van der Waals surface area contributed by atoms with Crippen LogP contribution < -0.4 is 0 Å². The molecule has 0 amide bonds. The van der Waals surface area contributed by atoms with Crippen LogP contribution in [0.4, 0.5) is 0 Å². The number of aromatic nitrogens is 1. The maximum Gasteiger partial charge on any atom is 0.341 e. The first kappa shape index (κ1) is 10.3. The van der Waals surface area contributed by atoms with Gasteiger partial charge in [-0.15, -0.1) is 0 Å². The zero-order valence-electron chi connectivity index (χ0n) is 7.10. The molecule has 3 nitrogen and oxygen atoms in total. The van der Waals surface area contributed by atoms with Crippen molar-refractivity contribution in [3.63, 3.8) is 0 Å². The number of methoxy groups -OCH3 is 1. The minimum atomic E-state index is -0.542. The molecular formula is C8H7Cl2NO2. The van der Waals surface area contributed by atoms with E-state index in [1.807, 2.05) is 0 Å². The van der Waals surface area contributed by atoms with Gasteiger partial charge in [-0.1, -0.05) is 23.2 Å². The maximum absolute atomic E-state index is 11.1. The molecule has 70 valence electrons. The highest BCUT2D eigenvalue weighted by Crippen LogP contribution is 2.21. The van der Waals surface area contributed by atoms with E-state index in [0.717, 1.165) is 0 Å². The van der Waals surface area contributed by atoms with Crippen LogP contribution in [0.25, 0.3) is 0 Å². The fourth-order valence-corrected chi connectivity index (χ4v) is 1.21. The quantitative estimate of drug-likeness (QED) is 0.539. The van der Waals surface area contributed by atoms with Gasteiger partial charge in [0, 0.05) is 0 Å². The largest absolute Gasteiger partial charge is 0.465 e. The van der Waals surface area contributed by atoms with Gasteiger partial charge in [-0.25, -0.2) is 9.78 Å². The molecule has 0 spiro atoms. The number of ether oxygens (including phenoxy) is 1. The van der Waals surface area contributed by atoms with E-state index in [1.165, 1.54) is 13.2 Å². The predicted molar refractivity (Wildman–Crippen MR) is 50.3 cm³/mol. The molecular weight excluding hydrogens is 213 g/mol. The molecule has 0 fully saturated rings. The Labute approximate surface area is 85.6 Å². The van der Waals surface area contributed by atoms with Gasteiger partial charge in [0.15, 0.2) is 0 Å². The van der Waals surface area contributed by atoms with E-state index in [9.17, 15) is 4.79 Å². The zero-order valence-corrected chi connectivity index (χ0v) is 8.61. The van der Waals surface area contributed by atoms with Crippen LogP contribution in [0.2, 0.25) is 10.2 Å². The number of halogens is 2. The number of hydrogen-bond donors (Lipinski definition) is 0. The van der Waals surface area contributed by atoms with E-state index in [0.29, 0.717) is 10.7 Å². The second-order valence-electron chi connectivity index (χ2n) is 2.39. The minimum Gasteiger partial charge on any atom is -0.465 e. The van der Waals surface area contributed by atoms with Gasteiger partial charge in [-0.3, -0.25) is 0 Å². The lowest BCUT2D eigenvalue weighted by molar-refractivity contribution is 0.0600. The molecule has 1 aromatic rings. The highest BCUT2D eigenvalue weighted by Gasteiger charge is 2.13. The van der Waals surface area contributed by atoms with Crippen LogP contribution in [-0.4, -0.2) is 18.1 Å². The average Bonchev–Trinajstić information content (AvgIpc) is 2.10. The minimum absolute atomic E-state index is 0.105. The van der Waals surface area contributed by atoms with Crippen LogP contribution in [-0.2, 0) is 4.74 Å². The summed E-state index contributed by atoms with van der Waals surface area (Å²) in [5.74, 6) is -0.542. The van der Waals surface area contributed by atoms with E-state index in [2.05, 4.69) is 9.72 Å². The van der Waals surface area contributed by atoms with Crippen LogP contribution in [0.3, 0.4) is 0 Å². The number of carbonyl (C=O) groups is 1. The summed E-state index contributed by atoms with van der Waals surface area (Å²) < 4.78 is 4.49. The first-order valence-corrected chi connectivity index (χ1v) is 4.22. The molecule has 0 aliphatic heterocycles. The van der Waals surface area contributed by atoms with Crippen molar-refractivity contribution in [2.75, 3.05) is 7.11 Å². The highest BCUT2D eigenvalue weighted by molar-refractivity contribution is 6.34. The molecule has 1 aromatic heterocycles. The molecule has 0 bridgehead atoms. The Kier molecular flexibility index (Phi) is 3.12. The Bertz CT molecular complexity index is 352. The van der Waals surface area contributed by atoms with E-state index >= 15 is 0 Å². The Morgan fingerprint density at radius 1 is 1.54 bits per heavy atom. The number of rotatable bonds is 1. The summed E-state index contributed by atoms with van der Waals surface area (Å²) in [5, 5.41) is 0.499. The van der Waals surface area contributed by atoms with Gasteiger partial charge in [-0.05, 0) is 13.0 Å². The van der Waals surface area contributed by atoms with Gasteiger partial charge in [0.05, 0.1) is 23.4 Å². The topological polar surface area (TPSA) is 39.2 Å². The monoisotopic (exact) mass is 219 g/mol. The van der Waals surface area contributed by atoms with Gasteiger partial charge in [-0.2, -0.15) is 0 Å². The maximum atomic E-state index is 11.1. The van der Waals surface area contributed by atoms with Crippen LogP contribution in [0.1, 0.15) is 16.1 Å².